The van der Waals surface area contributed by atoms with Crippen LogP contribution in [-0.4, -0.2) is 19.2 Å². The van der Waals surface area contributed by atoms with Crippen LogP contribution in [0, 0.1) is 0 Å². The van der Waals surface area contributed by atoms with Gasteiger partial charge in [-0.2, -0.15) is 0 Å². The Morgan fingerprint density at radius 1 is 1.04 bits per heavy atom. The van der Waals surface area contributed by atoms with E-state index >= 15 is 0 Å². The summed E-state index contributed by atoms with van der Waals surface area (Å²) in [6.45, 7) is 0.422. The molecule has 1 aromatic heterocycles. The van der Waals surface area contributed by atoms with Crippen LogP contribution in [0.5, 0.6) is 5.75 Å². The number of nitrogens with zero attached hydrogens (tertiary/aromatic N) is 1. The molecule has 1 N–H and O–H groups in total. The van der Waals surface area contributed by atoms with Crippen LogP contribution in [0.15, 0.2) is 48.5 Å². The van der Waals surface area contributed by atoms with Crippen molar-refractivity contribution in [2.24, 2.45) is 0 Å². The van der Waals surface area contributed by atoms with Crippen molar-refractivity contribution < 1.29 is 9.47 Å². The molecule has 0 aliphatic heterocycles. The highest BCUT2D eigenvalue weighted by Crippen LogP contribution is 2.33. The summed E-state index contributed by atoms with van der Waals surface area (Å²) in [5.41, 5.74) is 3.36. The predicted octanol–water partition coefficient (Wildman–Crippen LogP) is 4.79. The van der Waals surface area contributed by atoms with Gasteiger partial charge in [-0.25, -0.2) is 4.98 Å². The molecule has 4 nitrogen and oxygen atoms in total. The molecule has 0 aliphatic rings. The van der Waals surface area contributed by atoms with Gasteiger partial charge in [0.2, 0.25) is 0 Å². The highest BCUT2D eigenvalue weighted by Gasteiger charge is 2.11. The Kier molecular flexibility index (Phi) is 4.65. The molecule has 3 rings (SSSR count). The van der Waals surface area contributed by atoms with E-state index in [0.29, 0.717) is 11.6 Å². The fourth-order valence-electron chi connectivity index (χ4n) is 2.47. The lowest BCUT2D eigenvalue weighted by Gasteiger charge is -2.14. The SMILES string of the molecule is COCc1cc(Nc2ccccc2Cl)c2cccc(OC)c2n1. The van der Waals surface area contributed by atoms with E-state index in [0.717, 1.165) is 33.7 Å². The predicted molar refractivity (Wildman–Crippen MR) is 93.7 cm³/mol. The van der Waals surface area contributed by atoms with E-state index in [2.05, 4.69) is 10.3 Å². The lowest BCUT2D eigenvalue weighted by atomic mass is 10.1. The van der Waals surface area contributed by atoms with Crippen LogP contribution in [0.4, 0.5) is 11.4 Å². The van der Waals surface area contributed by atoms with Gasteiger partial charge in [-0.3, -0.25) is 0 Å². The average Bonchev–Trinajstić information content (AvgIpc) is 2.57. The normalized spacial score (nSPS) is 10.7. The maximum atomic E-state index is 6.26. The second-order valence-corrected chi connectivity index (χ2v) is 5.46. The third-order valence-electron chi connectivity index (χ3n) is 3.51. The van der Waals surface area contributed by atoms with Crippen molar-refractivity contribution in [3.05, 3.63) is 59.2 Å². The Hall–Kier alpha value is -2.30. The third-order valence-corrected chi connectivity index (χ3v) is 3.84. The first-order valence-electron chi connectivity index (χ1n) is 7.20. The summed E-state index contributed by atoms with van der Waals surface area (Å²) in [5.74, 6) is 0.725. The Bertz CT molecular complexity index is 836. The van der Waals surface area contributed by atoms with Crippen molar-refractivity contribution in [3.63, 3.8) is 0 Å². The van der Waals surface area contributed by atoms with Crippen molar-refractivity contribution >= 4 is 33.9 Å². The third kappa shape index (κ3) is 3.23. The minimum absolute atomic E-state index is 0.422. The van der Waals surface area contributed by atoms with Gasteiger partial charge in [0.25, 0.3) is 0 Å². The molecule has 0 fully saturated rings. The van der Waals surface area contributed by atoms with Crippen LogP contribution in [0.3, 0.4) is 0 Å². The summed E-state index contributed by atoms with van der Waals surface area (Å²) < 4.78 is 10.7. The number of nitrogens with one attached hydrogen (secondary N) is 1. The van der Waals surface area contributed by atoms with Crippen molar-refractivity contribution in [2.75, 3.05) is 19.5 Å². The molecule has 5 heteroatoms. The number of pyridine rings is 1. The van der Waals surface area contributed by atoms with Gasteiger partial charge in [0.05, 0.1) is 35.8 Å². The van der Waals surface area contributed by atoms with Crippen LogP contribution in [0.1, 0.15) is 5.69 Å². The van der Waals surface area contributed by atoms with Crippen molar-refractivity contribution in [3.8, 4) is 5.75 Å². The second-order valence-electron chi connectivity index (χ2n) is 5.06. The highest BCUT2D eigenvalue weighted by molar-refractivity contribution is 6.33. The van der Waals surface area contributed by atoms with E-state index in [-0.39, 0.29) is 0 Å². The molecule has 0 spiro atoms. The summed E-state index contributed by atoms with van der Waals surface area (Å²) in [5, 5.41) is 5.01. The number of para-hydroxylation sites is 2. The molecule has 0 bridgehead atoms. The zero-order valence-electron chi connectivity index (χ0n) is 13.0. The van der Waals surface area contributed by atoms with Crippen LogP contribution >= 0.6 is 11.6 Å². The number of hydrogen-bond acceptors (Lipinski definition) is 4. The highest BCUT2D eigenvalue weighted by atomic mass is 35.5. The largest absolute Gasteiger partial charge is 0.494 e. The van der Waals surface area contributed by atoms with E-state index in [1.54, 1.807) is 14.2 Å². The van der Waals surface area contributed by atoms with Gasteiger partial charge in [-0.15, -0.1) is 0 Å². The Morgan fingerprint density at radius 2 is 1.87 bits per heavy atom. The number of ether oxygens (including phenoxy) is 2. The number of anilines is 2. The second kappa shape index (κ2) is 6.86. The van der Waals surface area contributed by atoms with Crippen molar-refractivity contribution in [1.82, 2.24) is 4.98 Å². The first-order chi connectivity index (χ1) is 11.2. The molecule has 2 aromatic carbocycles. The number of benzene rings is 2. The standard InChI is InChI=1S/C18H17ClN2O2/c1-22-11-12-10-16(21-15-8-4-3-7-14(15)19)13-6-5-9-17(23-2)18(13)20-12/h3-10H,11H2,1-2H3,(H,20,21). The number of methoxy groups -OCH3 is 2. The van der Waals surface area contributed by atoms with Crippen LogP contribution in [0.25, 0.3) is 10.9 Å². The topological polar surface area (TPSA) is 43.4 Å². The first-order valence-corrected chi connectivity index (χ1v) is 7.58. The zero-order valence-corrected chi connectivity index (χ0v) is 13.7. The minimum Gasteiger partial charge on any atom is -0.494 e. The fraction of sp³-hybridized carbons (Fsp3) is 0.167. The summed E-state index contributed by atoms with van der Waals surface area (Å²) in [6, 6.07) is 15.4. The van der Waals surface area contributed by atoms with Crippen LogP contribution in [0.2, 0.25) is 5.02 Å². The smallest absolute Gasteiger partial charge is 0.145 e. The molecular weight excluding hydrogens is 312 g/mol. The van der Waals surface area contributed by atoms with E-state index in [9.17, 15) is 0 Å². The molecule has 23 heavy (non-hydrogen) atoms. The van der Waals surface area contributed by atoms with Gasteiger partial charge in [0, 0.05) is 12.5 Å². The van der Waals surface area contributed by atoms with Gasteiger partial charge in [-0.05, 0) is 24.3 Å². The molecule has 0 radical (unpaired) electrons. The molecular formula is C18H17ClN2O2. The van der Waals surface area contributed by atoms with Crippen LogP contribution in [-0.2, 0) is 11.3 Å². The fourth-order valence-corrected chi connectivity index (χ4v) is 2.66. The van der Waals surface area contributed by atoms with E-state index in [1.807, 2.05) is 48.5 Å². The molecule has 0 atom stereocenters. The number of rotatable bonds is 5. The minimum atomic E-state index is 0.422. The molecule has 1 heterocycles. The quantitative estimate of drug-likeness (QED) is 0.731. The van der Waals surface area contributed by atoms with E-state index < -0.39 is 0 Å². The van der Waals surface area contributed by atoms with Crippen LogP contribution < -0.4 is 10.1 Å². The number of fused-ring (bicyclic) bond motifs is 1. The lowest BCUT2D eigenvalue weighted by Crippen LogP contribution is -2.00. The summed E-state index contributed by atoms with van der Waals surface area (Å²) >= 11 is 6.26. The van der Waals surface area contributed by atoms with Gasteiger partial charge in [0.15, 0.2) is 0 Å². The molecule has 118 valence electrons. The van der Waals surface area contributed by atoms with Gasteiger partial charge in [0.1, 0.15) is 11.3 Å². The summed E-state index contributed by atoms with van der Waals surface area (Å²) in [6.07, 6.45) is 0. The van der Waals surface area contributed by atoms with E-state index in [4.69, 9.17) is 21.1 Å². The molecule has 3 aromatic rings. The molecule has 0 aliphatic carbocycles. The van der Waals surface area contributed by atoms with Gasteiger partial charge in [-0.1, -0.05) is 35.9 Å². The lowest BCUT2D eigenvalue weighted by molar-refractivity contribution is 0.182. The van der Waals surface area contributed by atoms with Gasteiger partial charge >= 0.3 is 0 Å². The van der Waals surface area contributed by atoms with Gasteiger partial charge < -0.3 is 14.8 Å². The zero-order chi connectivity index (χ0) is 16.2. The number of hydrogen-bond donors (Lipinski definition) is 1. The first kappa shape index (κ1) is 15.6. The summed E-state index contributed by atoms with van der Waals surface area (Å²) in [4.78, 5) is 4.64. The molecule has 0 unspecified atom stereocenters. The Labute approximate surface area is 140 Å². The summed E-state index contributed by atoms with van der Waals surface area (Å²) in [7, 11) is 3.29. The molecule has 0 saturated heterocycles. The molecule has 0 saturated carbocycles. The maximum absolute atomic E-state index is 6.26. The Morgan fingerprint density at radius 3 is 2.61 bits per heavy atom. The van der Waals surface area contributed by atoms with E-state index in [1.165, 1.54) is 0 Å². The maximum Gasteiger partial charge on any atom is 0.145 e. The van der Waals surface area contributed by atoms with Crippen molar-refractivity contribution in [2.45, 2.75) is 6.61 Å². The molecule has 0 amide bonds. The monoisotopic (exact) mass is 328 g/mol. The number of halogens is 1. The average molecular weight is 329 g/mol. The number of aromatic nitrogens is 1. The Balaban J connectivity index is 2.16. The van der Waals surface area contributed by atoms with Crippen molar-refractivity contribution in [1.29, 1.82) is 0 Å².